The van der Waals surface area contributed by atoms with Crippen LogP contribution >= 0.6 is 12.4 Å². The Morgan fingerprint density at radius 2 is 1.75 bits per heavy atom. The van der Waals surface area contributed by atoms with E-state index in [0.29, 0.717) is 18.0 Å². The van der Waals surface area contributed by atoms with Crippen LogP contribution in [-0.2, 0) is 9.59 Å². The number of carbonyl (C=O) groups excluding carboxylic acids is 1. The normalized spacial score (nSPS) is 21.0. The summed E-state index contributed by atoms with van der Waals surface area (Å²) in [5, 5.41) is 8.97. The molecule has 2 aliphatic carbocycles. The third kappa shape index (κ3) is 4.09. The lowest BCUT2D eigenvalue weighted by atomic mass is 10.1. The zero-order chi connectivity index (χ0) is 14.2. The molecule has 5 nitrogen and oxygen atoms in total. The molecular formula is C14H25ClN2O3. The van der Waals surface area contributed by atoms with Gasteiger partial charge in [0.1, 0.15) is 6.04 Å². The van der Waals surface area contributed by atoms with Gasteiger partial charge in [-0.1, -0.05) is 0 Å². The number of likely N-dealkylation sites (N-methyl/N-ethyl adjacent to an activating group) is 1. The van der Waals surface area contributed by atoms with Crippen molar-refractivity contribution in [2.45, 2.75) is 57.7 Å². The van der Waals surface area contributed by atoms with E-state index in [-0.39, 0.29) is 24.9 Å². The minimum absolute atomic E-state index is 0. The lowest BCUT2D eigenvalue weighted by molar-refractivity contribution is -0.144. The number of amides is 1. The van der Waals surface area contributed by atoms with Crippen molar-refractivity contribution < 1.29 is 14.7 Å². The van der Waals surface area contributed by atoms with E-state index in [0.717, 1.165) is 12.8 Å². The van der Waals surface area contributed by atoms with Gasteiger partial charge in [0.05, 0.1) is 6.54 Å². The van der Waals surface area contributed by atoms with Crippen LogP contribution in [0, 0.1) is 5.92 Å². The van der Waals surface area contributed by atoms with Gasteiger partial charge in [-0.05, 0) is 52.5 Å². The first-order valence-corrected chi connectivity index (χ1v) is 7.16. The van der Waals surface area contributed by atoms with Gasteiger partial charge in [-0.25, -0.2) is 0 Å². The smallest absolute Gasteiger partial charge is 0.320 e. The number of hydrogen-bond acceptors (Lipinski definition) is 3. The number of hydrogen-bond donors (Lipinski definition) is 1. The van der Waals surface area contributed by atoms with Gasteiger partial charge < -0.3 is 10.0 Å². The highest BCUT2D eigenvalue weighted by Crippen LogP contribution is 2.39. The standard InChI is InChI=1S/C14H24N2O3.ClH/c1-9(11-4-5-11)16(12-6-7-12)13(17)8-15(3)10(2)14(18)19;/h9-12H,4-8H2,1-3H3,(H,18,19);1H. The predicted octanol–water partition coefficient (Wildman–Crippen LogP) is 1.60. The molecule has 1 amide bonds. The van der Waals surface area contributed by atoms with Gasteiger partial charge in [-0.2, -0.15) is 0 Å². The van der Waals surface area contributed by atoms with E-state index in [1.807, 2.05) is 4.90 Å². The van der Waals surface area contributed by atoms with Crippen molar-refractivity contribution in [1.82, 2.24) is 9.80 Å². The summed E-state index contributed by atoms with van der Waals surface area (Å²) in [7, 11) is 1.70. The molecule has 1 N–H and O–H groups in total. The molecule has 2 atom stereocenters. The van der Waals surface area contributed by atoms with Crippen LogP contribution < -0.4 is 0 Å². The van der Waals surface area contributed by atoms with E-state index >= 15 is 0 Å². The number of nitrogens with zero attached hydrogens (tertiary/aromatic N) is 2. The third-order valence-electron chi connectivity index (χ3n) is 4.37. The Morgan fingerprint density at radius 3 is 2.15 bits per heavy atom. The molecule has 0 bridgehead atoms. The Kier molecular flexibility index (Phi) is 5.83. The maximum atomic E-state index is 12.4. The summed E-state index contributed by atoms with van der Waals surface area (Å²) in [4.78, 5) is 27.0. The number of carbonyl (C=O) groups is 2. The molecule has 0 aliphatic heterocycles. The second kappa shape index (κ2) is 6.76. The van der Waals surface area contributed by atoms with Crippen molar-refractivity contribution in [3.63, 3.8) is 0 Å². The molecule has 0 aromatic carbocycles. The molecule has 0 saturated heterocycles. The van der Waals surface area contributed by atoms with Gasteiger partial charge in [0, 0.05) is 12.1 Å². The number of rotatable bonds is 7. The van der Waals surface area contributed by atoms with Gasteiger partial charge >= 0.3 is 5.97 Å². The molecular weight excluding hydrogens is 280 g/mol. The molecule has 0 aromatic rings. The monoisotopic (exact) mass is 304 g/mol. The van der Waals surface area contributed by atoms with Gasteiger partial charge in [-0.15, -0.1) is 12.4 Å². The number of carboxylic acids is 1. The average molecular weight is 305 g/mol. The minimum atomic E-state index is -0.886. The molecule has 2 rings (SSSR count). The topological polar surface area (TPSA) is 60.9 Å². The summed E-state index contributed by atoms with van der Waals surface area (Å²) in [5.41, 5.74) is 0. The molecule has 2 fully saturated rings. The van der Waals surface area contributed by atoms with Crippen molar-refractivity contribution in [3.8, 4) is 0 Å². The molecule has 20 heavy (non-hydrogen) atoms. The van der Waals surface area contributed by atoms with Gasteiger partial charge in [0.15, 0.2) is 0 Å². The maximum absolute atomic E-state index is 12.4. The highest BCUT2D eigenvalue weighted by Gasteiger charge is 2.41. The van der Waals surface area contributed by atoms with Crippen molar-refractivity contribution in [3.05, 3.63) is 0 Å². The second-order valence-corrected chi connectivity index (χ2v) is 6.04. The Bertz CT molecular complexity index is 369. The summed E-state index contributed by atoms with van der Waals surface area (Å²) in [5.74, 6) is -0.146. The summed E-state index contributed by atoms with van der Waals surface area (Å²) >= 11 is 0. The molecule has 0 radical (unpaired) electrons. The van der Waals surface area contributed by atoms with Crippen LogP contribution in [0.1, 0.15) is 39.5 Å². The van der Waals surface area contributed by atoms with E-state index < -0.39 is 12.0 Å². The van der Waals surface area contributed by atoms with E-state index in [9.17, 15) is 9.59 Å². The van der Waals surface area contributed by atoms with E-state index in [1.54, 1.807) is 18.9 Å². The average Bonchev–Trinajstić information content (AvgIpc) is 3.18. The zero-order valence-corrected chi connectivity index (χ0v) is 13.2. The fraction of sp³-hybridized carbons (Fsp3) is 0.857. The van der Waals surface area contributed by atoms with Gasteiger partial charge in [0.25, 0.3) is 0 Å². The van der Waals surface area contributed by atoms with Crippen molar-refractivity contribution in [1.29, 1.82) is 0 Å². The summed E-state index contributed by atoms with van der Waals surface area (Å²) in [6, 6.07) is 0.0893. The predicted molar refractivity (Wildman–Crippen MR) is 79.0 cm³/mol. The largest absolute Gasteiger partial charge is 0.480 e. The molecule has 0 heterocycles. The number of halogens is 1. The Balaban J connectivity index is 0.00000200. The van der Waals surface area contributed by atoms with Crippen molar-refractivity contribution in [2.75, 3.05) is 13.6 Å². The molecule has 2 aliphatic rings. The van der Waals surface area contributed by atoms with Crippen molar-refractivity contribution in [2.24, 2.45) is 5.92 Å². The molecule has 6 heteroatoms. The third-order valence-corrected chi connectivity index (χ3v) is 4.37. The van der Waals surface area contributed by atoms with Crippen molar-refractivity contribution >= 4 is 24.3 Å². The molecule has 116 valence electrons. The first-order valence-electron chi connectivity index (χ1n) is 7.16. The fourth-order valence-electron chi connectivity index (χ4n) is 2.54. The Labute approximate surface area is 126 Å². The zero-order valence-electron chi connectivity index (χ0n) is 12.4. The van der Waals surface area contributed by atoms with E-state index in [2.05, 4.69) is 6.92 Å². The first-order chi connectivity index (χ1) is 8.91. The summed E-state index contributed by atoms with van der Waals surface area (Å²) in [6.07, 6.45) is 4.64. The van der Waals surface area contributed by atoms with Crippen LogP contribution in [0.15, 0.2) is 0 Å². The van der Waals surface area contributed by atoms with Crippen LogP contribution in [0.4, 0.5) is 0 Å². The first kappa shape index (κ1) is 17.2. The molecule has 0 spiro atoms. The van der Waals surface area contributed by atoms with Gasteiger partial charge in [0.2, 0.25) is 5.91 Å². The lowest BCUT2D eigenvalue weighted by Gasteiger charge is -2.32. The summed E-state index contributed by atoms with van der Waals surface area (Å²) in [6.45, 7) is 3.94. The van der Waals surface area contributed by atoms with Crippen LogP contribution in [0.3, 0.4) is 0 Å². The van der Waals surface area contributed by atoms with Crippen LogP contribution in [0.2, 0.25) is 0 Å². The van der Waals surface area contributed by atoms with Crippen LogP contribution in [0.5, 0.6) is 0 Å². The van der Waals surface area contributed by atoms with Crippen LogP contribution in [0.25, 0.3) is 0 Å². The number of carboxylic acid groups (broad SMARTS) is 1. The van der Waals surface area contributed by atoms with Gasteiger partial charge in [-0.3, -0.25) is 14.5 Å². The van der Waals surface area contributed by atoms with E-state index in [1.165, 1.54) is 12.8 Å². The SMILES string of the molecule is CC(C(=O)O)N(C)CC(=O)N(C1CC1)C(C)C1CC1.Cl. The van der Waals surface area contributed by atoms with E-state index in [4.69, 9.17) is 5.11 Å². The minimum Gasteiger partial charge on any atom is -0.480 e. The van der Waals surface area contributed by atoms with Crippen LogP contribution in [-0.4, -0.2) is 58.5 Å². The lowest BCUT2D eigenvalue weighted by Crippen LogP contribution is -2.48. The highest BCUT2D eigenvalue weighted by atomic mass is 35.5. The quantitative estimate of drug-likeness (QED) is 0.776. The second-order valence-electron chi connectivity index (χ2n) is 6.04. The molecule has 2 saturated carbocycles. The highest BCUT2D eigenvalue weighted by molar-refractivity contribution is 5.85. The molecule has 0 aromatic heterocycles. The maximum Gasteiger partial charge on any atom is 0.320 e. The Hall–Kier alpha value is -0.810. The Morgan fingerprint density at radius 1 is 1.20 bits per heavy atom. The number of aliphatic carboxylic acids is 1. The fourth-order valence-corrected chi connectivity index (χ4v) is 2.54. The molecule has 2 unspecified atom stereocenters. The summed E-state index contributed by atoms with van der Waals surface area (Å²) < 4.78 is 0.